The SMILES string of the molecule is Cc1n[nH]c(NC[C@H]2CC[C@H](NC(=O)c3cc(C(F)(F)F)ccc3Cl)CC2)c1C#N. The van der Waals surface area contributed by atoms with Crippen LogP contribution in [0.15, 0.2) is 18.2 Å². The summed E-state index contributed by atoms with van der Waals surface area (Å²) >= 11 is 5.94. The summed E-state index contributed by atoms with van der Waals surface area (Å²) in [6.45, 7) is 2.42. The third-order valence-corrected chi connectivity index (χ3v) is 5.68. The van der Waals surface area contributed by atoms with Crippen LogP contribution in [0.4, 0.5) is 19.0 Å². The van der Waals surface area contributed by atoms with Crippen molar-refractivity contribution in [3.8, 4) is 6.07 Å². The minimum atomic E-state index is -4.54. The van der Waals surface area contributed by atoms with Gasteiger partial charge in [-0.3, -0.25) is 9.89 Å². The maximum atomic E-state index is 12.9. The molecular formula is C20H21ClF3N5O. The van der Waals surface area contributed by atoms with E-state index in [2.05, 4.69) is 26.9 Å². The third kappa shape index (κ3) is 5.05. The van der Waals surface area contributed by atoms with Crippen molar-refractivity contribution in [3.05, 3.63) is 45.6 Å². The van der Waals surface area contributed by atoms with Crippen molar-refractivity contribution in [1.29, 1.82) is 5.26 Å². The average Bonchev–Trinajstić information content (AvgIpc) is 3.06. The van der Waals surface area contributed by atoms with Crippen LogP contribution in [-0.2, 0) is 6.18 Å². The van der Waals surface area contributed by atoms with E-state index in [0.717, 1.165) is 31.0 Å². The average molecular weight is 440 g/mol. The number of amides is 1. The Bertz CT molecular complexity index is 958. The highest BCUT2D eigenvalue weighted by Gasteiger charge is 2.32. The summed E-state index contributed by atoms with van der Waals surface area (Å²) in [6, 6.07) is 4.72. The lowest BCUT2D eigenvalue weighted by Crippen LogP contribution is -2.38. The number of rotatable bonds is 5. The summed E-state index contributed by atoms with van der Waals surface area (Å²) in [7, 11) is 0. The van der Waals surface area contributed by atoms with Gasteiger partial charge in [0.1, 0.15) is 17.5 Å². The van der Waals surface area contributed by atoms with Crippen molar-refractivity contribution in [2.24, 2.45) is 5.92 Å². The van der Waals surface area contributed by atoms with Gasteiger partial charge < -0.3 is 10.6 Å². The molecule has 3 rings (SSSR count). The molecular weight excluding hydrogens is 419 g/mol. The number of nitriles is 1. The van der Waals surface area contributed by atoms with Crippen LogP contribution in [0.3, 0.4) is 0 Å². The van der Waals surface area contributed by atoms with Crippen molar-refractivity contribution in [2.45, 2.75) is 44.8 Å². The van der Waals surface area contributed by atoms with Gasteiger partial charge in [0.05, 0.1) is 21.8 Å². The first-order valence-electron chi connectivity index (χ1n) is 9.55. The molecule has 1 amide bonds. The van der Waals surface area contributed by atoms with Crippen LogP contribution < -0.4 is 10.6 Å². The second-order valence-electron chi connectivity index (χ2n) is 7.44. The number of hydrogen-bond donors (Lipinski definition) is 3. The standard InChI is InChI=1S/C20H21ClF3N5O/c1-11-16(9-25)18(29-28-11)26-10-12-2-5-14(6-3-12)27-19(30)15-8-13(20(22,23)24)4-7-17(15)21/h4,7-8,12,14H,2-3,5-6,10H2,1H3,(H,27,30)(H2,26,28,29)/t12-,14-. The molecule has 1 heterocycles. The van der Waals surface area contributed by atoms with Gasteiger partial charge in [0.2, 0.25) is 0 Å². The second kappa shape index (κ2) is 8.96. The number of benzene rings is 1. The van der Waals surface area contributed by atoms with Crippen molar-refractivity contribution in [1.82, 2.24) is 15.5 Å². The number of aryl methyl sites for hydroxylation is 1. The molecule has 0 spiro atoms. The van der Waals surface area contributed by atoms with Gasteiger partial charge in [-0.25, -0.2) is 0 Å². The van der Waals surface area contributed by atoms with Crippen LogP contribution in [0.2, 0.25) is 5.02 Å². The van der Waals surface area contributed by atoms with E-state index in [1.165, 1.54) is 0 Å². The summed E-state index contributed by atoms with van der Waals surface area (Å²) < 4.78 is 38.7. The van der Waals surface area contributed by atoms with Crippen molar-refractivity contribution in [2.75, 3.05) is 11.9 Å². The highest BCUT2D eigenvalue weighted by molar-refractivity contribution is 6.33. The molecule has 10 heteroatoms. The Morgan fingerprint density at radius 3 is 2.67 bits per heavy atom. The molecule has 0 radical (unpaired) electrons. The van der Waals surface area contributed by atoms with E-state index in [4.69, 9.17) is 16.9 Å². The summed E-state index contributed by atoms with van der Waals surface area (Å²) in [4.78, 5) is 12.5. The lowest BCUT2D eigenvalue weighted by atomic mass is 9.86. The minimum Gasteiger partial charge on any atom is -0.369 e. The van der Waals surface area contributed by atoms with E-state index in [-0.39, 0.29) is 16.6 Å². The molecule has 0 atom stereocenters. The van der Waals surface area contributed by atoms with E-state index in [9.17, 15) is 18.0 Å². The van der Waals surface area contributed by atoms with Crippen LogP contribution in [0.25, 0.3) is 0 Å². The van der Waals surface area contributed by atoms with Crippen LogP contribution >= 0.6 is 11.6 Å². The molecule has 1 aliphatic rings. The predicted octanol–water partition coefficient (Wildman–Crippen LogP) is 4.66. The Balaban J connectivity index is 1.52. The molecule has 0 bridgehead atoms. The number of halogens is 4. The van der Waals surface area contributed by atoms with Gasteiger partial charge in [-0.15, -0.1) is 0 Å². The van der Waals surface area contributed by atoms with Crippen LogP contribution in [0, 0.1) is 24.2 Å². The van der Waals surface area contributed by atoms with E-state index >= 15 is 0 Å². The topological polar surface area (TPSA) is 93.6 Å². The number of nitrogens with one attached hydrogen (secondary N) is 3. The third-order valence-electron chi connectivity index (χ3n) is 5.35. The Kier molecular flexibility index (Phi) is 6.56. The smallest absolute Gasteiger partial charge is 0.369 e. The fraction of sp³-hybridized carbons (Fsp3) is 0.450. The van der Waals surface area contributed by atoms with Crippen LogP contribution in [0.1, 0.15) is 52.9 Å². The molecule has 6 nitrogen and oxygen atoms in total. The molecule has 1 aliphatic carbocycles. The molecule has 1 saturated carbocycles. The van der Waals surface area contributed by atoms with Gasteiger partial charge in [-0.2, -0.15) is 23.5 Å². The Morgan fingerprint density at radius 2 is 2.03 bits per heavy atom. The quantitative estimate of drug-likeness (QED) is 0.631. The molecule has 2 aromatic rings. The maximum Gasteiger partial charge on any atom is 0.416 e. The largest absolute Gasteiger partial charge is 0.416 e. The normalized spacial score (nSPS) is 19.2. The Morgan fingerprint density at radius 1 is 1.33 bits per heavy atom. The zero-order valence-electron chi connectivity index (χ0n) is 16.2. The highest BCUT2D eigenvalue weighted by Crippen LogP contribution is 2.32. The van der Waals surface area contributed by atoms with Crippen molar-refractivity contribution < 1.29 is 18.0 Å². The number of carbonyl (C=O) groups is 1. The van der Waals surface area contributed by atoms with Crippen LogP contribution in [0.5, 0.6) is 0 Å². The lowest BCUT2D eigenvalue weighted by Gasteiger charge is -2.29. The summed E-state index contributed by atoms with van der Waals surface area (Å²) in [5.74, 6) is 0.356. The predicted molar refractivity (Wildman–Crippen MR) is 106 cm³/mol. The number of aromatic amines is 1. The van der Waals surface area contributed by atoms with E-state index in [0.29, 0.717) is 42.4 Å². The summed E-state index contributed by atoms with van der Waals surface area (Å²) in [5, 5.41) is 22.0. The monoisotopic (exact) mass is 439 g/mol. The van der Waals surface area contributed by atoms with Gasteiger partial charge in [-0.1, -0.05) is 11.6 Å². The lowest BCUT2D eigenvalue weighted by molar-refractivity contribution is -0.137. The molecule has 1 aromatic carbocycles. The van der Waals surface area contributed by atoms with E-state index < -0.39 is 17.6 Å². The number of carbonyl (C=O) groups excluding carboxylic acids is 1. The first kappa shape index (κ1) is 22.0. The zero-order chi connectivity index (χ0) is 21.9. The first-order valence-corrected chi connectivity index (χ1v) is 9.93. The number of alkyl halides is 3. The molecule has 0 saturated heterocycles. The maximum absolute atomic E-state index is 12.9. The Labute approximate surface area is 176 Å². The fourth-order valence-corrected chi connectivity index (χ4v) is 3.80. The molecule has 30 heavy (non-hydrogen) atoms. The molecule has 160 valence electrons. The fourth-order valence-electron chi connectivity index (χ4n) is 3.59. The van der Waals surface area contributed by atoms with E-state index in [1.54, 1.807) is 6.92 Å². The first-order chi connectivity index (χ1) is 14.2. The van der Waals surface area contributed by atoms with Gasteiger partial charge in [-0.05, 0) is 56.7 Å². The number of aromatic nitrogens is 2. The summed E-state index contributed by atoms with van der Waals surface area (Å²) in [5.41, 5.74) is 0.0557. The number of H-pyrrole nitrogens is 1. The summed E-state index contributed by atoms with van der Waals surface area (Å²) in [6.07, 6.45) is -1.45. The molecule has 3 N–H and O–H groups in total. The molecule has 1 fully saturated rings. The minimum absolute atomic E-state index is 0.0125. The highest BCUT2D eigenvalue weighted by atomic mass is 35.5. The Hall–Kier alpha value is -2.73. The molecule has 0 aliphatic heterocycles. The molecule has 0 unspecified atom stereocenters. The zero-order valence-corrected chi connectivity index (χ0v) is 17.0. The van der Waals surface area contributed by atoms with Gasteiger partial charge in [0, 0.05) is 12.6 Å². The van der Waals surface area contributed by atoms with Gasteiger partial charge >= 0.3 is 6.18 Å². The van der Waals surface area contributed by atoms with E-state index in [1.807, 2.05) is 0 Å². The number of nitrogens with zero attached hydrogens (tertiary/aromatic N) is 2. The molecule has 1 aromatic heterocycles. The van der Waals surface area contributed by atoms with Gasteiger partial charge in [0.25, 0.3) is 5.91 Å². The van der Waals surface area contributed by atoms with Gasteiger partial charge in [0.15, 0.2) is 0 Å². The van der Waals surface area contributed by atoms with Crippen LogP contribution in [-0.4, -0.2) is 28.7 Å². The number of hydrogen-bond acceptors (Lipinski definition) is 4. The van der Waals surface area contributed by atoms with Crippen molar-refractivity contribution in [3.63, 3.8) is 0 Å². The second-order valence-corrected chi connectivity index (χ2v) is 7.84. The van der Waals surface area contributed by atoms with Crippen molar-refractivity contribution >= 4 is 23.3 Å². The number of anilines is 1.